The highest BCUT2D eigenvalue weighted by molar-refractivity contribution is 7.89. The van der Waals surface area contributed by atoms with Crippen LogP contribution in [-0.2, 0) is 26.1 Å². The van der Waals surface area contributed by atoms with Crippen molar-refractivity contribution < 1.29 is 27.4 Å². The number of rotatable bonds is 8. The van der Waals surface area contributed by atoms with E-state index in [9.17, 15) is 13.2 Å². The molecule has 1 fully saturated rings. The number of amides is 1. The number of carbonyl (C=O) groups is 1. The molecule has 1 amide bonds. The molecule has 0 aliphatic carbocycles. The van der Waals surface area contributed by atoms with Crippen LogP contribution in [0.25, 0.3) is 10.2 Å². The predicted molar refractivity (Wildman–Crippen MR) is 133 cm³/mol. The highest BCUT2D eigenvalue weighted by Gasteiger charge is 2.33. The van der Waals surface area contributed by atoms with Crippen molar-refractivity contribution in [3.05, 3.63) is 47.3 Å². The van der Waals surface area contributed by atoms with E-state index in [1.807, 2.05) is 16.7 Å². The van der Waals surface area contributed by atoms with Gasteiger partial charge in [-0.3, -0.25) is 4.79 Å². The zero-order valence-corrected chi connectivity index (χ0v) is 21.6. The molecule has 0 N–H and O–H groups in total. The summed E-state index contributed by atoms with van der Waals surface area (Å²) >= 11 is 1.37. The molecule has 1 unspecified atom stereocenters. The molecule has 2 heterocycles. The molecule has 0 saturated carbocycles. The Morgan fingerprint density at radius 1 is 1.11 bits per heavy atom. The van der Waals surface area contributed by atoms with Crippen molar-refractivity contribution >= 4 is 37.5 Å². The van der Waals surface area contributed by atoms with Crippen molar-refractivity contribution in [2.45, 2.75) is 24.3 Å². The first kappa shape index (κ1) is 25.4. The van der Waals surface area contributed by atoms with E-state index >= 15 is 0 Å². The number of hydrogen-bond donors (Lipinski definition) is 0. The molecule has 1 atom stereocenters. The molecule has 11 heteroatoms. The molecule has 0 bridgehead atoms. The molecule has 1 saturated heterocycles. The van der Waals surface area contributed by atoms with Crippen LogP contribution in [0.3, 0.4) is 0 Å². The van der Waals surface area contributed by atoms with Crippen LogP contribution in [0, 0.1) is 5.92 Å². The summed E-state index contributed by atoms with van der Waals surface area (Å²) in [6, 6.07) is 12.0. The maximum Gasteiger partial charge on any atom is 0.252 e. The fraction of sp³-hybridized carbons (Fsp3) is 0.417. The van der Waals surface area contributed by atoms with Gasteiger partial charge in [-0.25, -0.2) is 8.42 Å². The number of fused-ring (bicyclic) bond motifs is 1. The molecule has 4 rings (SSSR count). The summed E-state index contributed by atoms with van der Waals surface area (Å²) in [5.41, 5.74) is 0.855. The van der Waals surface area contributed by atoms with Crippen LogP contribution >= 0.6 is 11.3 Å². The van der Waals surface area contributed by atoms with Crippen molar-refractivity contribution in [1.82, 2.24) is 8.87 Å². The highest BCUT2D eigenvalue weighted by atomic mass is 32.2. The number of methoxy groups -OCH3 is 3. The first-order valence-corrected chi connectivity index (χ1v) is 13.5. The van der Waals surface area contributed by atoms with Gasteiger partial charge in [0.1, 0.15) is 0 Å². The summed E-state index contributed by atoms with van der Waals surface area (Å²) in [4.78, 5) is 18.5. The van der Waals surface area contributed by atoms with E-state index in [1.165, 1.54) is 15.6 Å². The van der Waals surface area contributed by atoms with Gasteiger partial charge in [0.2, 0.25) is 10.0 Å². The van der Waals surface area contributed by atoms with Crippen LogP contribution in [0.2, 0.25) is 0 Å². The molecular weight excluding hydrogens is 490 g/mol. The molecule has 1 aliphatic rings. The second kappa shape index (κ2) is 10.9. The van der Waals surface area contributed by atoms with Crippen LogP contribution < -0.4 is 14.3 Å². The fourth-order valence-electron chi connectivity index (χ4n) is 4.17. The number of carbonyl (C=O) groups excluding carboxylic acids is 1. The minimum atomic E-state index is -3.66. The van der Waals surface area contributed by atoms with E-state index in [4.69, 9.17) is 14.2 Å². The lowest BCUT2D eigenvalue weighted by atomic mass is 9.99. The smallest absolute Gasteiger partial charge is 0.252 e. The number of benzene rings is 2. The van der Waals surface area contributed by atoms with E-state index in [-0.39, 0.29) is 17.3 Å². The quantitative estimate of drug-likeness (QED) is 0.454. The van der Waals surface area contributed by atoms with Crippen molar-refractivity contribution in [3.63, 3.8) is 0 Å². The van der Waals surface area contributed by atoms with Crippen molar-refractivity contribution in [2.75, 3.05) is 41.0 Å². The van der Waals surface area contributed by atoms with Gasteiger partial charge < -0.3 is 18.8 Å². The SMILES string of the molecule is COCCn1c(=NC(=O)C2CCCN(S(=O)(=O)c3ccccc3)C2)sc2cc(OC)c(OC)cc21. The molecule has 2 aromatic carbocycles. The number of hydrogen-bond acceptors (Lipinski definition) is 7. The number of nitrogens with zero attached hydrogens (tertiary/aromatic N) is 3. The lowest BCUT2D eigenvalue weighted by Crippen LogP contribution is -2.42. The third-order valence-electron chi connectivity index (χ3n) is 6.03. The largest absolute Gasteiger partial charge is 0.493 e. The summed E-state index contributed by atoms with van der Waals surface area (Å²) < 4.78 is 46.5. The summed E-state index contributed by atoms with van der Waals surface area (Å²) in [5, 5.41) is 0. The predicted octanol–water partition coefficient (Wildman–Crippen LogP) is 2.89. The average molecular weight is 520 g/mol. The van der Waals surface area contributed by atoms with Gasteiger partial charge in [-0.2, -0.15) is 9.30 Å². The summed E-state index contributed by atoms with van der Waals surface area (Å²) in [7, 11) is 1.10. The second-order valence-electron chi connectivity index (χ2n) is 8.17. The Hall–Kier alpha value is -2.73. The van der Waals surface area contributed by atoms with Gasteiger partial charge in [-0.1, -0.05) is 29.5 Å². The zero-order chi connectivity index (χ0) is 25.0. The van der Waals surface area contributed by atoms with Gasteiger partial charge in [0.25, 0.3) is 5.91 Å². The molecular formula is C24H29N3O6S2. The van der Waals surface area contributed by atoms with Gasteiger partial charge >= 0.3 is 0 Å². The van der Waals surface area contributed by atoms with Crippen LogP contribution in [0.1, 0.15) is 12.8 Å². The molecule has 188 valence electrons. The van der Waals surface area contributed by atoms with Gasteiger partial charge in [0, 0.05) is 38.9 Å². The number of piperidine rings is 1. The van der Waals surface area contributed by atoms with E-state index in [2.05, 4.69) is 4.99 Å². The Balaban J connectivity index is 1.67. The van der Waals surface area contributed by atoms with Gasteiger partial charge in [-0.05, 0) is 25.0 Å². The van der Waals surface area contributed by atoms with Gasteiger partial charge in [0.15, 0.2) is 16.3 Å². The molecule has 0 radical (unpaired) electrons. The average Bonchev–Trinajstić information content (AvgIpc) is 3.22. The number of sulfonamides is 1. The molecule has 3 aromatic rings. The molecule has 1 aliphatic heterocycles. The van der Waals surface area contributed by atoms with Crippen molar-refractivity contribution in [3.8, 4) is 11.5 Å². The molecule has 0 spiro atoms. The van der Waals surface area contributed by atoms with E-state index < -0.39 is 15.9 Å². The van der Waals surface area contributed by atoms with E-state index in [0.717, 1.165) is 10.2 Å². The van der Waals surface area contributed by atoms with Crippen LogP contribution in [0.5, 0.6) is 11.5 Å². The third kappa shape index (κ3) is 5.27. The third-order valence-corrected chi connectivity index (χ3v) is 8.95. The lowest BCUT2D eigenvalue weighted by Gasteiger charge is -2.30. The Morgan fingerprint density at radius 3 is 2.51 bits per heavy atom. The van der Waals surface area contributed by atoms with Crippen molar-refractivity contribution in [1.29, 1.82) is 0 Å². The van der Waals surface area contributed by atoms with Crippen LogP contribution in [-0.4, -0.2) is 64.2 Å². The normalized spacial score (nSPS) is 17.6. The minimum absolute atomic E-state index is 0.115. The highest BCUT2D eigenvalue weighted by Crippen LogP contribution is 2.33. The number of thiazole rings is 1. The Morgan fingerprint density at radius 2 is 1.83 bits per heavy atom. The lowest BCUT2D eigenvalue weighted by molar-refractivity contribution is -0.122. The molecule has 1 aromatic heterocycles. The first-order valence-electron chi connectivity index (χ1n) is 11.3. The topological polar surface area (TPSA) is 99.4 Å². The summed E-state index contributed by atoms with van der Waals surface area (Å²) in [5.74, 6) is 0.338. The van der Waals surface area contributed by atoms with E-state index in [1.54, 1.807) is 51.7 Å². The van der Waals surface area contributed by atoms with Gasteiger partial charge in [-0.15, -0.1) is 0 Å². The van der Waals surface area contributed by atoms with Gasteiger partial charge in [0.05, 0.1) is 41.9 Å². The monoisotopic (exact) mass is 519 g/mol. The Bertz CT molecular complexity index is 1370. The Kier molecular flexibility index (Phi) is 7.90. The second-order valence-corrected chi connectivity index (χ2v) is 11.1. The summed E-state index contributed by atoms with van der Waals surface area (Å²) in [6.07, 6.45) is 1.19. The van der Waals surface area contributed by atoms with Crippen LogP contribution in [0.4, 0.5) is 0 Å². The fourth-order valence-corrected chi connectivity index (χ4v) is 6.79. The standard InChI is InChI=1S/C24H29N3O6S2/c1-31-13-12-27-19-14-20(32-2)21(33-3)15-22(19)34-24(27)25-23(28)17-8-7-11-26(16-17)35(29,30)18-9-5-4-6-10-18/h4-6,9-10,14-15,17H,7-8,11-13,16H2,1-3H3. The maximum absolute atomic E-state index is 13.3. The van der Waals surface area contributed by atoms with Crippen LogP contribution in [0.15, 0.2) is 52.4 Å². The Labute approximate surface area is 208 Å². The first-order chi connectivity index (χ1) is 16.9. The van der Waals surface area contributed by atoms with Crippen molar-refractivity contribution in [2.24, 2.45) is 10.9 Å². The number of aromatic nitrogens is 1. The number of ether oxygens (including phenoxy) is 3. The minimum Gasteiger partial charge on any atom is -0.493 e. The molecule has 35 heavy (non-hydrogen) atoms. The molecule has 9 nitrogen and oxygen atoms in total. The summed E-state index contributed by atoms with van der Waals surface area (Å²) in [6.45, 7) is 1.44. The van der Waals surface area contributed by atoms with E-state index in [0.29, 0.717) is 48.8 Å². The maximum atomic E-state index is 13.3. The zero-order valence-electron chi connectivity index (χ0n) is 20.0.